The minimum atomic E-state index is -0.432. The Bertz CT molecular complexity index is 426. The molecule has 0 aliphatic rings. The van der Waals surface area contributed by atoms with E-state index in [4.69, 9.17) is 5.73 Å². The average molecular weight is 248 g/mol. The summed E-state index contributed by atoms with van der Waals surface area (Å²) < 4.78 is 0. The predicted octanol–water partition coefficient (Wildman–Crippen LogP) is 1.24. The van der Waals surface area contributed by atoms with Gasteiger partial charge in [0.15, 0.2) is 5.78 Å². The number of likely N-dealkylation sites (N-methyl/N-ethyl adjacent to an activating group) is 1. The molecule has 18 heavy (non-hydrogen) atoms. The molecule has 0 bridgehead atoms. The summed E-state index contributed by atoms with van der Waals surface area (Å²) in [6.45, 7) is 3.93. The highest BCUT2D eigenvalue weighted by molar-refractivity contribution is 6.00. The fraction of sp³-hybridized carbons (Fsp3) is 0.429. The number of Topliss-reactive ketones (excluding diaryl/α,β-unsaturated/α-hetero) is 1. The molecule has 1 rings (SSSR count). The van der Waals surface area contributed by atoms with E-state index < -0.39 is 5.91 Å². The van der Waals surface area contributed by atoms with Gasteiger partial charge in [0.1, 0.15) is 0 Å². The highest BCUT2D eigenvalue weighted by Gasteiger charge is 2.20. The van der Waals surface area contributed by atoms with Crippen LogP contribution in [0.3, 0.4) is 0 Å². The fourth-order valence-corrected chi connectivity index (χ4v) is 1.73. The lowest BCUT2D eigenvalue weighted by Gasteiger charge is -2.22. The van der Waals surface area contributed by atoms with E-state index in [0.29, 0.717) is 5.56 Å². The molecule has 0 saturated heterocycles. The number of nitrogens with two attached hydrogens (primary N) is 1. The number of amides is 1. The fourth-order valence-electron chi connectivity index (χ4n) is 1.73. The van der Waals surface area contributed by atoms with Gasteiger partial charge in [-0.15, -0.1) is 0 Å². The van der Waals surface area contributed by atoms with E-state index in [1.54, 1.807) is 18.9 Å². The Morgan fingerprint density at radius 3 is 2.28 bits per heavy atom. The first-order valence-electron chi connectivity index (χ1n) is 6.07. The van der Waals surface area contributed by atoms with Crippen molar-refractivity contribution in [1.29, 1.82) is 0 Å². The summed E-state index contributed by atoms with van der Waals surface area (Å²) in [5.74, 6) is -0.431. The topological polar surface area (TPSA) is 63.4 Å². The molecule has 0 aromatic heterocycles. The van der Waals surface area contributed by atoms with E-state index in [9.17, 15) is 9.59 Å². The van der Waals surface area contributed by atoms with Crippen LogP contribution < -0.4 is 5.73 Å². The molecule has 1 unspecified atom stereocenters. The molecule has 1 amide bonds. The monoisotopic (exact) mass is 248 g/mol. The van der Waals surface area contributed by atoms with E-state index in [2.05, 4.69) is 6.92 Å². The Hall–Kier alpha value is -1.68. The van der Waals surface area contributed by atoms with Crippen molar-refractivity contribution in [3.05, 3.63) is 35.4 Å². The summed E-state index contributed by atoms with van der Waals surface area (Å²) in [5, 5.41) is 0. The molecule has 0 fully saturated rings. The van der Waals surface area contributed by atoms with Gasteiger partial charge in [0.25, 0.3) is 0 Å². The molecule has 1 aromatic rings. The summed E-state index contributed by atoms with van der Waals surface area (Å²) in [6, 6.07) is 7.21. The lowest BCUT2D eigenvalue weighted by atomic mass is 10.0. The van der Waals surface area contributed by atoms with Gasteiger partial charge >= 0.3 is 0 Å². The van der Waals surface area contributed by atoms with Gasteiger partial charge in [-0.3, -0.25) is 14.5 Å². The summed E-state index contributed by atoms with van der Waals surface area (Å²) in [4.78, 5) is 24.7. The standard InChI is InChI=1S/C14H20N2O2/c1-4-11-5-7-12(8-6-11)14(18)10(2)16(3)9-13(15)17/h5-8,10H,4,9H2,1-3H3,(H2,15,17). The Labute approximate surface area is 108 Å². The number of hydrogen-bond acceptors (Lipinski definition) is 3. The molecule has 4 nitrogen and oxygen atoms in total. The summed E-state index contributed by atoms with van der Waals surface area (Å²) in [5.41, 5.74) is 6.98. The second kappa shape index (κ2) is 6.31. The lowest BCUT2D eigenvalue weighted by molar-refractivity contribution is -0.119. The van der Waals surface area contributed by atoms with E-state index in [-0.39, 0.29) is 18.4 Å². The first kappa shape index (κ1) is 14.4. The summed E-state index contributed by atoms with van der Waals surface area (Å²) in [7, 11) is 1.72. The highest BCUT2D eigenvalue weighted by atomic mass is 16.1. The van der Waals surface area contributed by atoms with Gasteiger partial charge in [0.2, 0.25) is 5.91 Å². The molecule has 0 radical (unpaired) electrons. The van der Waals surface area contributed by atoms with Crippen molar-refractivity contribution < 1.29 is 9.59 Å². The van der Waals surface area contributed by atoms with Crippen LogP contribution in [0.15, 0.2) is 24.3 Å². The zero-order valence-corrected chi connectivity index (χ0v) is 11.1. The number of benzene rings is 1. The summed E-state index contributed by atoms with van der Waals surface area (Å²) in [6.07, 6.45) is 0.950. The molecular formula is C14H20N2O2. The SMILES string of the molecule is CCc1ccc(C(=O)C(C)N(C)CC(N)=O)cc1. The van der Waals surface area contributed by atoms with Crippen LogP contribution in [-0.2, 0) is 11.2 Å². The van der Waals surface area contributed by atoms with E-state index >= 15 is 0 Å². The second-order valence-electron chi connectivity index (χ2n) is 4.47. The van der Waals surface area contributed by atoms with Crippen molar-refractivity contribution >= 4 is 11.7 Å². The van der Waals surface area contributed by atoms with Crippen molar-refractivity contribution in [2.24, 2.45) is 5.73 Å². The second-order valence-corrected chi connectivity index (χ2v) is 4.47. The zero-order valence-electron chi connectivity index (χ0n) is 11.1. The van der Waals surface area contributed by atoms with Crippen LogP contribution in [0.1, 0.15) is 29.8 Å². The van der Waals surface area contributed by atoms with Crippen LogP contribution in [0.2, 0.25) is 0 Å². The number of nitrogens with zero attached hydrogens (tertiary/aromatic N) is 1. The van der Waals surface area contributed by atoms with Crippen molar-refractivity contribution in [3.63, 3.8) is 0 Å². The van der Waals surface area contributed by atoms with E-state index in [1.165, 1.54) is 5.56 Å². The predicted molar refractivity (Wildman–Crippen MR) is 71.4 cm³/mol. The van der Waals surface area contributed by atoms with Gasteiger partial charge in [-0.05, 0) is 26.0 Å². The van der Waals surface area contributed by atoms with Gasteiger partial charge in [-0.25, -0.2) is 0 Å². The van der Waals surface area contributed by atoms with Gasteiger partial charge in [0.05, 0.1) is 12.6 Å². The maximum atomic E-state index is 12.2. The van der Waals surface area contributed by atoms with Crippen LogP contribution >= 0.6 is 0 Å². The molecule has 98 valence electrons. The number of ketones is 1. The van der Waals surface area contributed by atoms with Gasteiger partial charge < -0.3 is 5.73 Å². The minimum Gasteiger partial charge on any atom is -0.369 e. The number of carbonyl (C=O) groups is 2. The van der Waals surface area contributed by atoms with Crippen LogP contribution in [0, 0.1) is 0 Å². The smallest absolute Gasteiger partial charge is 0.231 e. The van der Waals surface area contributed by atoms with Crippen molar-refractivity contribution in [1.82, 2.24) is 4.90 Å². The van der Waals surface area contributed by atoms with Gasteiger partial charge in [-0.1, -0.05) is 31.2 Å². The van der Waals surface area contributed by atoms with Crippen LogP contribution in [-0.4, -0.2) is 36.2 Å². The molecule has 1 aromatic carbocycles. The lowest BCUT2D eigenvalue weighted by Crippen LogP contribution is -2.41. The van der Waals surface area contributed by atoms with Crippen molar-refractivity contribution in [3.8, 4) is 0 Å². The number of carbonyl (C=O) groups excluding carboxylic acids is 2. The minimum absolute atomic E-state index is 0.00130. The quantitative estimate of drug-likeness (QED) is 0.770. The molecule has 4 heteroatoms. The number of hydrogen-bond donors (Lipinski definition) is 1. The summed E-state index contributed by atoms with van der Waals surface area (Å²) >= 11 is 0. The largest absolute Gasteiger partial charge is 0.369 e. The Morgan fingerprint density at radius 2 is 1.83 bits per heavy atom. The van der Waals surface area contributed by atoms with Crippen LogP contribution in [0.5, 0.6) is 0 Å². The van der Waals surface area contributed by atoms with Crippen molar-refractivity contribution in [2.75, 3.05) is 13.6 Å². The molecule has 0 saturated carbocycles. The first-order chi connectivity index (χ1) is 8.45. The van der Waals surface area contributed by atoms with Gasteiger partial charge in [0, 0.05) is 5.56 Å². The molecule has 1 atom stereocenters. The Kier molecular flexibility index (Phi) is 5.04. The zero-order chi connectivity index (χ0) is 13.7. The molecule has 0 aliphatic heterocycles. The maximum Gasteiger partial charge on any atom is 0.231 e. The molecule has 2 N–H and O–H groups in total. The molecular weight excluding hydrogens is 228 g/mol. The van der Waals surface area contributed by atoms with Crippen LogP contribution in [0.25, 0.3) is 0 Å². The molecule has 0 spiro atoms. The third-order valence-electron chi connectivity index (χ3n) is 3.09. The van der Waals surface area contributed by atoms with Crippen LogP contribution in [0.4, 0.5) is 0 Å². The normalized spacial score (nSPS) is 12.4. The Balaban J connectivity index is 2.76. The highest BCUT2D eigenvalue weighted by Crippen LogP contribution is 2.10. The van der Waals surface area contributed by atoms with Gasteiger partial charge in [-0.2, -0.15) is 0 Å². The molecule has 0 heterocycles. The number of aryl methyl sites for hydroxylation is 1. The molecule has 0 aliphatic carbocycles. The number of primary amides is 1. The third-order valence-corrected chi connectivity index (χ3v) is 3.09. The third kappa shape index (κ3) is 3.67. The Morgan fingerprint density at radius 1 is 1.28 bits per heavy atom. The average Bonchev–Trinajstić information content (AvgIpc) is 2.36. The first-order valence-corrected chi connectivity index (χ1v) is 6.07. The van der Waals surface area contributed by atoms with E-state index in [1.807, 2.05) is 24.3 Å². The maximum absolute atomic E-state index is 12.2. The van der Waals surface area contributed by atoms with Crippen molar-refractivity contribution in [2.45, 2.75) is 26.3 Å². The number of rotatable bonds is 6. The van der Waals surface area contributed by atoms with E-state index in [0.717, 1.165) is 6.42 Å².